The molecule has 21 heavy (non-hydrogen) atoms. The quantitative estimate of drug-likeness (QED) is 0.810. The van der Waals surface area contributed by atoms with Crippen molar-refractivity contribution in [3.63, 3.8) is 0 Å². The molecular weight excluding hydrogens is 323 g/mol. The molecule has 0 saturated carbocycles. The van der Waals surface area contributed by atoms with E-state index in [1.807, 2.05) is 0 Å². The van der Waals surface area contributed by atoms with Gasteiger partial charge in [-0.05, 0) is 18.2 Å². The van der Waals surface area contributed by atoms with Crippen molar-refractivity contribution in [2.24, 2.45) is 0 Å². The minimum Gasteiger partial charge on any atom is -0.321 e. The lowest BCUT2D eigenvalue weighted by molar-refractivity contribution is -0.163. The molecule has 0 aliphatic heterocycles. The van der Waals surface area contributed by atoms with Crippen LogP contribution in [0.25, 0.3) is 0 Å². The summed E-state index contributed by atoms with van der Waals surface area (Å²) in [5.74, 6) is -8.27. The largest absolute Gasteiger partial charge is 0.383 e. The fraction of sp³-hybridized carbons (Fsp3) is 0.300. The van der Waals surface area contributed by atoms with Crippen molar-refractivity contribution in [3.05, 3.63) is 24.0 Å². The highest BCUT2D eigenvalue weighted by atomic mass is 32.2. The van der Waals surface area contributed by atoms with E-state index in [-0.39, 0.29) is 0 Å². The molecule has 5 nitrogen and oxygen atoms in total. The second kappa shape index (κ2) is 5.84. The lowest BCUT2D eigenvalue weighted by atomic mass is 10.2. The molecule has 0 radical (unpaired) electrons. The van der Waals surface area contributed by atoms with Gasteiger partial charge in [-0.2, -0.15) is 8.78 Å². The summed E-state index contributed by atoms with van der Waals surface area (Å²) < 4.78 is 86.3. The van der Waals surface area contributed by atoms with Crippen LogP contribution in [-0.4, -0.2) is 32.9 Å². The standard InChI is InChI=1S/C10H9F5N2O3S/c1-21(19,20)17-7-4-5(2-3-6(7)11)16-9(18)10(14,15)8(12)13/h2-4,8,17H,1H3,(H,16,18). The van der Waals surface area contributed by atoms with Crippen LogP contribution in [0.5, 0.6) is 0 Å². The Kier molecular flexibility index (Phi) is 4.76. The van der Waals surface area contributed by atoms with Gasteiger partial charge in [-0.1, -0.05) is 0 Å². The lowest BCUT2D eigenvalue weighted by Gasteiger charge is -2.15. The Balaban J connectivity index is 3.01. The predicted molar refractivity (Wildman–Crippen MR) is 64.4 cm³/mol. The zero-order valence-electron chi connectivity index (χ0n) is 10.3. The van der Waals surface area contributed by atoms with Crippen LogP contribution in [0.1, 0.15) is 0 Å². The molecule has 1 aromatic rings. The van der Waals surface area contributed by atoms with Crippen LogP contribution in [0.2, 0.25) is 0 Å². The number of nitrogens with one attached hydrogen (secondary N) is 2. The van der Waals surface area contributed by atoms with Gasteiger partial charge in [-0.15, -0.1) is 0 Å². The highest BCUT2D eigenvalue weighted by Crippen LogP contribution is 2.26. The number of halogens is 5. The van der Waals surface area contributed by atoms with E-state index in [1.165, 1.54) is 5.32 Å². The average Bonchev–Trinajstić information content (AvgIpc) is 2.31. The molecule has 2 N–H and O–H groups in total. The van der Waals surface area contributed by atoms with Crippen molar-refractivity contribution in [1.29, 1.82) is 0 Å². The van der Waals surface area contributed by atoms with E-state index < -0.39 is 45.5 Å². The molecule has 0 aliphatic rings. The molecule has 0 aliphatic carbocycles. The first kappa shape index (κ1) is 17.1. The van der Waals surface area contributed by atoms with E-state index in [0.29, 0.717) is 18.4 Å². The number of benzene rings is 1. The van der Waals surface area contributed by atoms with E-state index in [2.05, 4.69) is 0 Å². The number of sulfonamides is 1. The van der Waals surface area contributed by atoms with Crippen molar-refractivity contribution >= 4 is 27.3 Å². The van der Waals surface area contributed by atoms with Gasteiger partial charge in [-0.3, -0.25) is 9.52 Å². The Bertz CT molecular complexity index is 648. The van der Waals surface area contributed by atoms with Crippen molar-refractivity contribution in [1.82, 2.24) is 0 Å². The van der Waals surface area contributed by atoms with Gasteiger partial charge in [-0.25, -0.2) is 21.6 Å². The van der Waals surface area contributed by atoms with Crippen LogP contribution < -0.4 is 10.0 Å². The molecule has 0 bridgehead atoms. The van der Waals surface area contributed by atoms with E-state index in [4.69, 9.17) is 0 Å². The summed E-state index contributed by atoms with van der Waals surface area (Å²) in [4.78, 5) is 11.0. The van der Waals surface area contributed by atoms with Crippen LogP contribution in [0.4, 0.5) is 33.3 Å². The third-order valence-corrected chi connectivity index (χ3v) is 2.69. The zero-order chi connectivity index (χ0) is 16.4. The minimum atomic E-state index is -4.93. The maximum atomic E-state index is 13.3. The molecule has 1 rings (SSSR count). The summed E-state index contributed by atoms with van der Waals surface area (Å²) in [6.45, 7) is 0. The first-order chi connectivity index (χ1) is 9.43. The second-order valence-corrected chi connectivity index (χ2v) is 5.70. The Hall–Kier alpha value is -1.91. The smallest absolute Gasteiger partial charge is 0.321 e. The number of carbonyl (C=O) groups excluding carboxylic acids is 1. The molecule has 1 amide bonds. The predicted octanol–water partition coefficient (Wildman–Crippen LogP) is 2.04. The Morgan fingerprint density at radius 2 is 1.86 bits per heavy atom. The SMILES string of the molecule is CS(=O)(=O)Nc1cc(NC(=O)C(F)(F)C(F)F)ccc1F. The molecule has 1 aromatic carbocycles. The van der Waals surface area contributed by atoms with E-state index >= 15 is 0 Å². The maximum absolute atomic E-state index is 13.3. The van der Waals surface area contributed by atoms with Gasteiger partial charge in [0.1, 0.15) is 5.82 Å². The van der Waals surface area contributed by atoms with Gasteiger partial charge in [0.2, 0.25) is 10.0 Å². The highest BCUT2D eigenvalue weighted by Gasteiger charge is 2.48. The van der Waals surface area contributed by atoms with Crippen LogP contribution in [0.3, 0.4) is 0 Å². The number of hydrogen-bond donors (Lipinski definition) is 2. The topological polar surface area (TPSA) is 75.3 Å². The molecule has 0 fully saturated rings. The molecule has 0 saturated heterocycles. The van der Waals surface area contributed by atoms with Gasteiger partial charge >= 0.3 is 18.3 Å². The average molecular weight is 332 g/mol. The molecule has 118 valence electrons. The zero-order valence-corrected chi connectivity index (χ0v) is 11.1. The molecule has 0 atom stereocenters. The Morgan fingerprint density at radius 3 is 2.33 bits per heavy atom. The molecule has 0 aromatic heterocycles. The van der Waals surface area contributed by atoms with Gasteiger partial charge < -0.3 is 5.32 Å². The van der Waals surface area contributed by atoms with Crippen molar-refractivity contribution in [2.75, 3.05) is 16.3 Å². The van der Waals surface area contributed by atoms with Gasteiger partial charge in [0.15, 0.2) is 0 Å². The third kappa shape index (κ3) is 4.55. The van der Waals surface area contributed by atoms with Gasteiger partial charge in [0, 0.05) is 5.69 Å². The monoisotopic (exact) mass is 332 g/mol. The van der Waals surface area contributed by atoms with Crippen molar-refractivity contribution < 1.29 is 35.2 Å². The lowest BCUT2D eigenvalue weighted by Crippen LogP contribution is -2.41. The fourth-order valence-electron chi connectivity index (χ4n) is 1.19. The van der Waals surface area contributed by atoms with Crippen molar-refractivity contribution in [3.8, 4) is 0 Å². The van der Waals surface area contributed by atoms with Crippen molar-refractivity contribution in [2.45, 2.75) is 12.3 Å². The molecule has 0 heterocycles. The van der Waals surface area contributed by atoms with E-state index in [1.54, 1.807) is 4.72 Å². The number of alkyl halides is 4. The minimum absolute atomic E-state index is 0.479. The third-order valence-electron chi connectivity index (χ3n) is 2.10. The van der Waals surface area contributed by atoms with E-state index in [0.717, 1.165) is 6.07 Å². The summed E-state index contributed by atoms with van der Waals surface area (Å²) in [5, 5.41) is 1.45. The second-order valence-electron chi connectivity index (χ2n) is 3.95. The van der Waals surface area contributed by atoms with Crippen LogP contribution in [0.15, 0.2) is 18.2 Å². The summed E-state index contributed by atoms with van der Waals surface area (Å²) in [5.41, 5.74) is -1.11. The molecule has 0 unspecified atom stereocenters. The van der Waals surface area contributed by atoms with Gasteiger partial charge in [0.05, 0.1) is 11.9 Å². The summed E-state index contributed by atoms with van der Waals surface area (Å²) >= 11 is 0. The number of hydrogen-bond acceptors (Lipinski definition) is 3. The van der Waals surface area contributed by atoms with Crippen LogP contribution in [0, 0.1) is 5.82 Å². The maximum Gasteiger partial charge on any atom is 0.383 e. The summed E-state index contributed by atoms with van der Waals surface area (Å²) in [7, 11) is -3.86. The number of amides is 1. The highest BCUT2D eigenvalue weighted by molar-refractivity contribution is 7.92. The number of carbonyl (C=O) groups is 1. The molecule has 0 spiro atoms. The van der Waals surface area contributed by atoms with Crippen LogP contribution >= 0.6 is 0 Å². The fourth-order valence-corrected chi connectivity index (χ4v) is 1.75. The Labute approximate surface area is 116 Å². The molecule has 11 heteroatoms. The summed E-state index contributed by atoms with van der Waals surface area (Å²) in [6, 6.07) is 2.15. The first-order valence-corrected chi connectivity index (χ1v) is 7.07. The van der Waals surface area contributed by atoms with Gasteiger partial charge in [0.25, 0.3) is 0 Å². The summed E-state index contributed by atoms with van der Waals surface area (Å²) in [6.07, 6.45) is -3.51. The molecular formula is C10H9F5N2O3S. The van der Waals surface area contributed by atoms with E-state index in [9.17, 15) is 35.2 Å². The first-order valence-electron chi connectivity index (χ1n) is 5.18. The van der Waals surface area contributed by atoms with Crippen LogP contribution in [-0.2, 0) is 14.8 Å². The Morgan fingerprint density at radius 1 is 1.29 bits per heavy atom. The number of anilines is 2. The normalized spacial score (nSPS) is 12.3. The number of rotatable bonds is 5.